The predicted molar refractivity (Wildman–Crippen MR) is 102 cm³/mol. The number of rotatable bonds is 4. The number of nitrogens with one attached hydrogen (secondary N) is 1. The molecule has 8 heteroatoms. The average molecular weight is 386 g/mol. The van der Waals surface area contributed by atoms with Crippen LogP contribution in [-0.4, -0.2) is 64.7 Å². The molecule has 2 aliphatic rings. The zero-order valence-electron chi connectivity index (χ0n) is 16.3. The molecule has 2 fully saturated rings. The van der Waals surface area contributed by atoms with Crippen LogP contribution in [0.2, 0.25) is 0 Å². The van der Waals surface area contributed by atoms with E-state index in [2.05, 4.69) is 10.3 Å². The van der Waals surface area contributed by atoms with E-state index in [1.54, 1.807) is 21.6 Å². The van der Waals surface area contributed by atoms with Gasteiger partial charge < -0.3 is 19.7 Å². The Hall–Kier alpha value is -2.45. The molecule has 28 heavy (non-hydrogen) atoms. The number of piperidine rings is 1. The van der Waals surface area contributed by atoms with Crippen LogP contribution in [0.4, 0.5) is 0 Å². The Kier molecular flexibility index (Phi) is 5.07. The number of amides is 2. The number of fused-ring (bicyclic) bond motifs is 1. The van der Waals surface area contributed by atoms with Gasteiger partial charge in [0, 0.05) is 38.7 Å². The smallest absolute Gasteiger partial charge is 0.290 e. The summed E-state index contributed by atoms with van der Waals surface area (Å²) in [6.45, 7) is 6.90. The number of likely N-dealkylation sites (tertiary alicyclic amines) is 1. The highest BCUT2D eigenvalue weighted by Gasteiger charge is 2.41. The maximum atomic E-state index is 13.1. The molecular formula is C20H26N4O4. The number of nitrogens with zero attached hydrogens (tertiary/aromatic N) is 3. The summed E-state index contributed by atoms with van der Waals surface area (Å²) >= 11 is 0. The second-order valence-corrected chi connectivity index (χ2v) is 7.74. The van der Waals surface area contributed by atoms with Crippen molar-refractivity contribution in [2.24, 2.45) is 5.92 Å². The third kappa shape index (κ3) is 3.49. The molecule has 0 bridgehead atoms. The van der Waals surface area contributed by atoms with Crippen LogP contribution < -0.4 is 5.32 Å². The predicted octanol–water partition coefficient (Wildman–Crippen LogP) is 1.70. The summed E-state index contributed by atoms with van der Waals surface area (Å²) in [4.78, 5) is 31.9. The normalized spacial score (nSPS) is 18.9. The van der Waals surface area contributed by atoms with E-state index in [0.29, 0.717) is 57.1 Å². The van der Waals surface area contributed by atoms with Gasteiger partial charge in [-0.05, 0) is 18.1 Å². The zero-order chi connectivity index (χ0) is 19.7. The van der Waals surface area contributed by atoms with Gasteiger partial charge in [0.1, 0.15) is 0 Å². The van der Waals surface area contributed by atoms with E-state index in [1.165, 1.54) is 0 Å². The minimum atomic E-state index is -0.534. The second-order valence-electron chi connectivity index (χ2n) is 7.74. The summed E-state index contributed by atoms with van der Waals surface area (Å²) in [5, 5.41) is 2.88. The SMILES string of the molecule is CC(C)CNC(=O)c1nc(C(=O)N2CCC3(CC2)OCCO3)n2ccccc12. The van der Waals surface area contributed by atoms with Crippen LogP contribution in [0.3, 0.4) is 0 Å². The lowest BCUT2D eigenvalue weighted by atomic mass is 10.0. The van der Waals surface area contributed by atoms with Crippen LogP contribution in [-0.2, 0) is 9.47 Å². The molecule has 150 valence electrons. The first kappa shape index (κ1) is 18.9. The van der Waals surface area contributed by atoms with Crippen molar-refractivity contribution in [3.8, 4) is 0 Å². The van der Waals surface area contributed by atoms with Gasteiger partial charge in [0.15, 0.2) is 11.5 Å². The van der Waals surface area contributed by atoms with Crippen molar-refractivity contribution >= 4 is 17.3 Å². The van der Waals surface area contributed by atoms with E-state index in [1.807, 2.05) is 26.0 Å². The topological polar surface area (TPSA) is 85.2 Å². The molecule has 4 heterocycles. The van der Waals surface area contributed by atoms with Gasteiger partial charge in [-0.25, -0.2) is 4.98 Å². The first-order valence-electron chi connectivity index (χ1n) is 9.81. The van der Waals surface area contributed by atoms with E-state index in [0.717, 1.165) is 0 Å². The molecule has 0 aliphatic carbocycles. The van der Waals surface area contributed by atoms with Crippen molar-refractivity contribution < 1.29 is 19.1 Å². The first-order chi connectivity index (χ1) is 13.5. The molecule has 0 saturated carbocycles. The van der Waals surface area contributed by atoms with E-state index in [-0.39, 0.29) is 23.3 Å². The molecule has 2 aliphatic heterocycles. The number of pyridine rings is 1. The molecule has 2 aromatic heterocycles. The van der Waals surface area contributed by atoms with Gasteiger partial charge in [-0.3, -0.25) is 14.0 Å². The van der Waals surface area contributed by atoms with Crippen molar-refractivity contribution in [3.05, 3.63) is 35.9 Å². The maximum absolute atomic E-state index is 13.1. The molecule has 0 aromatic carbocycles. The van der Waals surface area contributed by atoms with Gasteiger partial charge >= 0.3 is 0 Å². The van der Waals surface area contributed by atoms with Gasteiger partial charge in [0.25, 0.3) is 11.8 Å². The Morgan fingerprint density at radius 1 is 1.21 bits per heavy atom. The third-order valence-corrected chi connectivity index (χ3v) is 5.25. The summed E-state index contributed by atoms with van der Waals surface area (Å²) in [5.41, 5.74) is 0.906. The molecule has 2 aromatic rings. The van der Waals surface area contributed by atoms with Crippen LogP contribution in [0.25, 0.3) is 5.52 Å². The largest absolute Gasteiger partial charge is 0.350 e. The lowest BCUT2D eigenvalue weighted by molar-refractivity contribution is -0.181. The number of aromatic nitrogens is 2. The van der Waals surface area contributed by atoms with E-state index in [9.17, 15) is 9.59 Å². The quantitative estimate of drug-likeness (QED) is 0.865. The van der Waals surface area contributed by atoms with Gasteiger partial charge in [0.2, 0.25) is 5.82 Å². The van der Waals surface area contributed by atoms with E-state index >= 15 is 0 Å². The number of hydrogen-bond donors (Lipinski definition) is 1. The fourth-order valence-corrected chi connectivity index (χ4v) is 3.71. The minimum Gasteiger partial charge on any atom is -0.350 e. The minimum absolute atomic E-state index is 0.183. The number of carbonyl (C=O) groups is 2. The lowest BCUT2D eigenvalue weighted by Gasteiger charge is -2.37. The molecule has 2 amide bonds. The molecular weight excluding hydrogens is 360 g/mol. The molecule has 1 spiro atoms. The Morgan fingerprint density at radius 2 is 1.93 bits per heavy atom. The van der Waals surface area contributed by atoms with E-state index in [4.69, 9.17) is 9.47 Å². The summed E-state index contributed by atoms with van der Waals surface area (Å²) in [6, 6.07) is 5.47. The van der Waals surface area contributed by atoms with Crippen molar-refractivity contribution in [2.75, 3.05) is 32.8 Å². The highest BCUT2D eigenvalue weighted by Crippen LogP contribution is 2.31. The van der Waals surface area contributed by atoms with E-state index < -0.39 is 5.79 Å². The second kappa shape index (κ2) is 7.52. The monoisotopic (exact) mass is 386 g/mol. The zero-order valence-corrected chi connectivity index (χ0v) is 16.3. The van der Waals surface area contributed by atoms with Gasteiger partial charge in [-0.15, -0.1) is 0 Å². The number of ether oxygens (including phenoxy) is 2. The molecule has 1 N–H and O–H groups in total. The number of hydrogen-bond acceptors (Lipinski definition) is 5. The number of carbonyl (C=O) groups excluding carboxylic acids is 2. The van der Waals surface area contributed by atoms with Crippen LogP contribution >= 0.6 is 0 Å². The molecule has 0 radical (unpaired) electrons. The fraction of sp³-hybridized carbons (Fsp3) is 0.550. The highest BCUT2D eigenvalue weighted by atomic mass is 16.7. The Morgan fingerprint density at radius 3 is 2.61 bits per heavy atom. The Labute approximate surface area is 163 Å². The first-order valence-corrected chi connectivity index (χ1v) is 9.81. The van der Waals surface area contributed by atoms with Crippen molar-refractivity contribution in [2.45, 2.75) is 32.5 Å². The maximum Gasteiger partial charge on any atom is 0.290 e. The number of imidazole rings is 1. The molecule has 8 nitrogen and oxygen atoms in total. The van der Waals surface area contributed by atoms with Gasteiger partial charge in [-0.2, -0.15) is 0 Å². The standard InChI is InChI=1S/C20H26N4O4/c1-14(2)13-21-18(25)16-15-5-3-4-8-24(15)17(22-16)19(26)23-9-6-20(7-10-23)27-11-12-28-20/h3-5,8,14H,6-7,9-13H2,1-2H3,(H,21,25). The van der Waals surface area contributed by atoms with Crippen LogP contribution in [0.15, 0.2) is 24.4 Å². The summed E-state index contributed by atoms with van der Waals surface area (Å²) < 4.78 is 13.2. The van der Waals surface area contributed by atoms with Crippen molar-refractivity contribution in [1.82, 2.24) is 19.6 Å². The fourth-order valence-electron chi connectivity index (χ4n) is 3.71. The van der Waals surface area contributed by atoms with Crippen molar-refractivity contribution in [3.63, 3.8) is 0 Å². The highest BCUT2D eigenvalue weighted by molar-refractivity contribution is 6.02. The molecule has 0 atom stereocenters. The summed E-state index contributed by atoms with van der Waals surface area (Å²) in [6.07, 6.45) is 3.05. The average Bonchev–Trinajstić information content (AvgIpc) is 3.31. The lowest BCUT2D eigenvalue weighted by Crippen LogP contribution is -2.47. The molecule has 2 saturated heterocycles. The summed E-state index contributed by atoms with van der Waals surface area (Å²) in [7, 11) is 0. The Bertz CT molecular complexity index is 875. The van der Waals surface area contributed by atoms with Crippen LogP contribution in [0.1, 0.15) is 47.8 Å². The van der Waals surface area contributed by atoms with Gasteiger partial charge in [-0.1, -0.05) is 19.9 Å². The van der Waals surface area contributed by atoms with Gasteiger partial charge in [0.05, 0.1) is 18.7 Å². The molecule has 0 unspecified atom stereocenters. The Balaban J connectivity index is 1.56. The van der Waals surface area contributed by atoms with Crippen LogP contribution in [0.5, 0.6) is 0 Å². The summed E-state index contributed by atoms with van der Waals surface area (Å²) in [5.74, 6) is -0.388. The molecule has 4 rings (SSSR count). The van der Waals surface area contributed by atoms with Crippen molar-refractivity contribution in [1.29, 1.82) is 0 Å². The van der Waals surface area contributed by atoms with Crippen LogP contribution in [0, 0.1) is 5.92 Å². The third-order valence-electron chi connectivity index (χ3n) is 5.25.